The number of morpholine rings is 1. The third-order valence-electron chi connectivity index (χ3n) is 6.37. The fourth-order valence-corrected chi connectivity index (χ4v) is 4.62. The Morgan fingerprint density at radius 3 is 2.68 bits per heavy atom. The Morgan fingerprint density at radius 1 is 1.23 bits per heavy atom. The Labute approximate surface area is 182 Å². The normalized spacial score (nSPS) is 26.2. The average molecular weight is 431 g/mol. The first-order valence-corrected chi connectivity index (χ1v) is 10.9. The second kappa shape index (κ2) is 9.65. The van der Waals surface area contributed by atoms with Gasteiger partial charge in [-0.25, -0.2) is 0 Å². The highest BCUT2D eigenvalue weighted by Crippen LogP contribution is 2.26. The van der Waals surface area contributed by atoms with E-state index in [2.05, 4.69) is 15.5 Å². The van der Waals surface area contributed by atoms with Crippen molar-refractivity contribution in [2.24, 2.45) is 0 Å². The van der Waals surface area contributed by atoms with Gasteiger partial charge in [-0.2, -0.15) is 0 Å². The minimum absolute atomic E-state index is 0.00282. The molecule has 0 unspecified atom stereocenters. The topological polar surface area (TPSA) is 100 Å². The molecule has 0 bridgehead atoms. The monoisotopic (exact) mass is 430 g/mol. The van der Waals surface area contributed by atoms with Crippen LogP contribution < -0.4 is 15.4 Å². The minimum Gasteiger partial charge on any atom is -0.497 e. The molecule has 3 atom stereocenters. The number of piperazine rings is 1. The average Bonchev–Trinajstić information content (AvgIpc) is 3.23. The number of nitrogens with one attached hydrogen (secondary N) is 2. The standard InChI is InChI=1S/C22H30N4O5/c1-30-18-5-2-15(3-6-18)21(28)24-16-12-19-22(29)23-13-17(26(19)14-16)4-7-20(27)25-8-10-31-11-9-25/h2-3,5-6,16-17,19H,4,7-14H2,1H3,(H,23,29)(H,24,28)/t16-,17+,19-/m0/s1. The van der Waals surface area contributed by atoms with Gasteiger partial charge in [0.2, 0.25) is 11.8 Å². The van der Waals surface area contributed by atoms with Crippen LogP contribution in [-0.4, -0.2) is 92.1 Å². The highest BCUT2D eigenvalue weighted by Gasteiger charge is 2.43. The van der Waals surface area contributed by atoms with E-state index in [0.29, 0.717) is 70.0 Å². The Kier molecular flexibility index (Phi) is 6.72. The molecule has 168 valence electrons. The lowest BCUT2D eigenvalue weighted by Gasteiger charge is -2.37. The highest BCUT2D eigenvalue weighted by molar-refractivity contribution is 5.94. The first kappa shape index (κ1) is 21.6. The maximum atomic E-state index is 12.6. The molecule has 9 heteroatoms. The first-order valence-electron chi connectivity index (χ1n) is 10.9. The molecule has 1 aromatic rings. The van der Waals surface area contributed by atoms with Crippen molar-refractivity contribution in [2.45, 2.75) is 37.4 Å². The van der Waals surface area contributed by atoms with Gasteiger partial charge in [-0.3, -0.25) is 19.3 Å². The maximum Gasteiger partial charge on any atom is 0.251 e. The summed E-state index contributed by atoms with van der Waals surface area (Å²) in [6.45, 7) is 3.61. The largest absolute Gasteiger partial charge is 0.497 e. The summed E-state index contributed by atoms with van der Waals surface area (Å²) in [5, 5.41) is 6.03. The van der Waals surface area contributed by atoms with Crippen molar-refractivity contribution < 1.29 is 23.9 Å². The van der Waals surface area contributed by atoms with Crippen LogP contribution >= 0.6 is 0 Å². The molecule has 31 heavy (non-hydrogen) atoms. The predicted octanol–water partition coefficient (Wildman–Crippen LogP) is 0.00530. The summed E-state index contributed by atoms with van der Waals surface area (Å²) >= 11 is 0. The number of ether oxygens (including phenoxy) is 2. The van der Waals surface area contributed by atoms with Crippen LogP contribution in [0.1, 0.15) is 29.6 Å². The van der Waals surface area contributed by atoms with Gasteiger partial charge in [-0.05, 0) is 37.1 Å². The Hall–Kier alpha value is -2.65. The molecule has 0 saturated carbocycles. The Bertz CT molecular complexity index is 809. The second-order valence-electron chi connectivity index (χ2n) is 8.28. The van der Waals surface area contributed by atoms with Crippen LogP contribution in [0.2, 0.25) is 0 Å². The van der Waals surface area contributed by atoms with Gasteiger partial charge in [0.05, 0.1) is 26.4 Å². The summed E-state index contributed by atoms with van der Waals surface area (Å²) in [6, 6.07) is 6.67. The fraction of sp³-hybridized carbons (Fsp3) is 0.591. The molecule has 3 saturated heterocycles. The van der Waals surface area contributed by atoms with E-state index in [-0.39, 0.29) is 35.8 Å². The van der Waals surface area contributed by atoms with E-state index in [1.165, 1.54) is 0 Å². The molecule has 1 aromatic carbocycles. The molecule has 3 aliphatic heterocycles. The molecule has 0 spiro atoms. The van der Waals surface area contributed by atoms with Gasteiger partial charge in [0.15, 0.2) is 0 Å². The van der Waals surface area contributed by atoms with Crippen LogP contribution in [0.15, 0.2) is 24.3 Å². The first-order chi connectivity index (χ1) is 15.0. The number of methoxy groups -OCH3 is 1. The zero-order chi connectivity index (χ0) is 21.8. The van der Waals surface area contributed by atoms with Gasteiger partial charge in [-0.15, -0.1) is 0 Å². The van der Waals surface area contributed by atoms with Crippen LogP contribution in [0, 0.1) is 0 Å². The fourth-order valence-electron chi connectivity index (χ4n) is 4.62. The number of nitrogens with zero attached hydrogens (tertiary/aromatic N) is 2. The number of rotatable bonds is 6. The van der Waals surface area contributed by atoms with Crippen LogP contribution in [0.25, 0.3) is 0 Å². The number of carbonyl (C=O) groups is 3. The van der Waals surface area contributed by atoms with Gasteiger partial charge < -0.3 is 25.0 Å². The molecule has 0 aliphatic carbocycles. The third kappa shape index (κ3) is 4.99. The van der Waals surface area contributed by atoms with E-state index < -0.39 is 0 Å². The molecule has 0 aromatic heterocycles. The number of amides is 3. The summed E-state index contributed by atoms with van der Waals surface area (Å²) in [5.41, 5.74) is 0.558. The zero-order valence-corrected chi connectivity index (χ0v) is 17.8. The molecule has 2 N–H and O–H groups in total. The molecule has 3 amide bonds. The number of fused-ring (bicyclic) bond motifs is 1. The molecule has 3 aliphatic rings. The summed E-state index contributed by atoms with van der Waals surface area (Å²) in [6.07, 6.45) is 1.71. The zero-order valence-electron chi connectivity index (χ0n) is 17.8. The van der Waals surface area contributed by atoms with E-state index >= 15 is 0 Å². The molecule has 4 rings (SSSR count). The minimum atomic E-state index is -0.265. The smallest absolute Gasteiger partial charge is 0.251 e. The summed E-state index contributed by atoms with van der Waals surface area (Å²) in [7, 11) is 1.58. The highest BCUT2D eigenvalue weighted by atomic mass is 16.5. The number of carbonyl (C=O) groups excluding carboxylic acids is 3. The number of hydrogen-bond acceptors (Lipinski definition) is 6. The van der Waals surface area contributed by atoms with Crippen LogP contribution in [0.3, 0.4) is 0 Å². The van der Waals surface area contributed by atoms with Crippen molar-refractivity contribution in [3.8, 4) is 5.75 Å². The number of hydrogen-bond donors (Lipinski definition) is 2. The summed E-state index contributed by atoms with van der Waals surface area (Å²) in [4.78, 5) is 41.6. The third-order valence-corrected chi connectivity index (χ3v) is 6.37. The van der Waals surface area contributed by atoms with Crippen molar-refractivity contribution in [1.29, 1.82) is 0 Å². The molecular formula is C22H30N4O5. The molecule has 3 fully saturated rings. The lowest BCUT2D eigenvalue weighted by Crippen LogP contribution is -2.58. The van der Waals surface area contributed by atoms with Crippen molar-refractivity contribution in [2.75, 3.05) is 46.5 Å². The van der Waals surface area contributed by atoms with Gasteiger partial charge in [0.1, 0.15) is 5.75 Å². The van der Waals surface area contributed by atoms with Gasteiger partial charge in [0.25, 0.3) is 5.91 Å². The maximum absolute atomic E-state index is 12.6. The van der Waals surface area contributed by atoms with E-state index in [9.17, 15) is 14.4 Å². The predicted molar refractivity (Wildman–Crippen MR) is 113 cm³/mol. The van der Waals surface area contributed by atoms with Crippen LogP contribution in [0.4, 0.5) is 0 Å². The lowest BCUT2D eigenvalue weighted by molar-refractivity contribution is -0.136. The van der Waals surface area contributed by atoms with Gasteiger partial charge in [0, 0.05) is 50.2 Å². The molecule has 0 radical (unpaired) electrons. The summed E-state index contributed by atoms with van der Waals surface area (Å²) < 4.78 is 10.4. The number of benzene rings is 1. The summed E-state index contributed by atoms with van der Waals surface area (Å²) in [5.74, 6) is 0.671. The lowest BCUT2D eigenvalue weighted by atomic mass is 10.0. The van der Waals surface area contributed by atoms with Crippen molar-refractivity contribution in [1.82, 2.24) is 20.4 Å². The van der Waals surface area contributed by atoms with E-state index in [1.807, 2.05) is 4.90 Å². The van der Waals surface area contributed by atoms with E-state index in [4.69, 9.17) is 9.47 Å². The SMILES string of the molecule is COc1ccc(C(=O)N[C@H]2C[C@H]3C(=O)NC[C@@H](CCC(=O)N4CCOCC4)N3C2)cc1. The molecular weight excluding hydrogens is 400 g/mol. The van der Waals surface area contributed by atoms with Crippen molar-refractivity contribution in [3.05, 3.63) is 29.8 Å². The molecule has 3 heterocycles. The van der Waals surface area contributed by atoms with Crippen molar-refractivity contribution >= 4 is 17.7 Å². The molecule has 9 nitrogen and oxygen atoms in total. The van der Waals surface area contributed by atoms with Crippen LogP contribution in [-0.2, 0) is 14.3 Å². The van der Waals surface area contributed by atoms with E-state index in [1.54, 1.807) is 31.4 Å². The van der Waals surface area contributed by atoms with Crippen LogP contribution in [0.5, 0.6) is 5.75 Å². The van der Waals surface area contributed by atoms with Gasteiger partial charge in [-0.1, -0.05) is 0 Å². The van der Waals surface area contributed by atoms with Gasteiger partial charge >= 0.3 is 0 Å². The van der Waals surface area contributed by atoms with E-state index in [0.717, 1.165) is 0 Å². The quantitative estimate of drug-likeness (QED) is 0.659. The Balaban J connectivity index is 1.33. The van der Waals surface area contributed by atoms with Crippen molar-refractivity contribution in [3.63, 3.8) is 0 Å². The second-order valence-corrected chi connectivity index (χ2v) is 8.28. The Morgan fingerprint density at radius 2 is 1.97 bits per heavy atom.